The number of hydrogen-bond donors (Lipinski definition) is 2. The summed E-state index contributed by atoms with van der Waals surface area (Å²) in [4.78, 5) is 31.9. The molecule has 1 amide bonds. The highest BCUT2D eigenvalue weighted by Gasteiger charge is 2.23. The van der Waals surface area contributed by atoms with Crippen LogP contribution >= 0.6 is 24.8 Å². The largest absolute Gasteiger partial charge is 0.348 e. The van der Waals surface area contributed by atoms with Crippen LogP contribution in [-0.2, 0) is 4.79 Å². The second-order valence-electron chi connectivity index (χ2n) is 6.04. The number of fused-ring (bicyclic) bond motifs is 1. The summed E-state index contributed by atoms with van der Waals surface area (Å²) in [5.41, 5.74) is 1.37. The molecule has 2 aromatic rings. The second-order valence-corrected chi connectivity index (χ2v) is 6.04. The number of nitrogens with one attached hydrogen (secondary N) is 2. The van der Waals surface area contributed by atoms with Crippen LogP contribution in [0.2, 0.25) is 0 Å². The van der Waals surface area contributed by atoms with E-state index in [1.165, 1.54) is 6.33 Å². The Kier molecular flexibility index (Phi) is 8.34. The maximum absolute atomic E-state index is 12.5. The molecule has 0 unspecified atom stereocenters. The highest BCUT2D eigenvalue weighted by Crippen LogP contribution is 2.20. The van der Waals surface area contributed by atoms with Gasteiger partial charge in [0, 0.05) is 20.1 Å². The Morgan fingerprint density at radius 3 is 2.72 bits per heavy atom. The molecule has 1 aliphatic heterocycles. The molecule has 140 valence electrons. The molecule has 0 saturated carbocycles. The average molecular weight is 390 g/mol. The second kappa shape index (κ2) is 9.74. The fourth-order valence-corrected chi connectivity index (χ4v) is 3.09. The first-order valence-corrected chi connectivity index (χ1v) is 7.96. The Labute approximate surface area is 159 Å². The zero-order chi connectivity index (χ0) is 16.2. The third-order valence-electron chi connectivity index (χ3n) is 4.40. The molecule has 25 heavy (non-hydrogen) atoms. The molecular weight excluding hydrogens is 365 g/mol. The number of piperidine rings is 1. The SMILES string of the molecule is CNCC1CCN(C(=O)CN(C)c2ncnc3nc[nH]c23)CC1.Cl.Cl. The van der Waals surface area contributed by atoms with Gasteiger partial charge in [0.25, 0.3) is 0 Å². The van der Waals surface area contributed by atoms with Crippen LogP contribution in [-0.4, -0.2) is 71.0 Å². The molecule has 0 radical (unpaired) electrons. The summed E-state index contributed by atoms with van der Waals surface area (Å²) in [6, 6.07) is 0. The normalized spacial score (nSPS) is 14.7. The van der Waals surface area contributed by atoms with Crippen LogP contribution < -0.4 is 10.2 Å². The first-order valence-electron chi connectivity index (χ1n) is 7.96. The third-order valence-corrected chi connectivity index (χ3v) is 4.40. The van der Waals surface area contributed by atoms with Crippen molar-refractivity contribution in [3.8, 4) is 0 Å². The van der Waals surface area contributed by atoms with Crippen LogP contribution in [0.1, 0.15) is 12.8 Å². The van der Waals surface area contributed by atoms with E-state index >= 15 is 0 Å². The first kappa shape index (κ1) is 21.4. The quantitative estimate of drug-likeness (QED) is 0.795. The lowest BCUT2D eigenvalue weighted by Crippen LogP contribution is -2.44. The predicted molar refractivity (Wildman–Crippen MR) is 103 cm³/mol. The summed E-state index contributed by atoms with van der Waals surface area (Å²) in [5, 5.41) is 3.21. The molecule has 0 bridgehead atoms. The van der Waals surface area contributed by atoms with Crippen molar-refractivity contribution < 1.29 is 4.79 Å². The van der Waals surface area contributed by atoms with E-state index in [9.17, 15) is 4.79 Å². The molecule has 8 nitrogen and oxygen atoms in total. The van der Waals surface area contributed by atoms with Gasteiger partial charge in [-0.25, -0.2) is 15.0 Å². The lowest BCUT2D eigenvalue weighted by molar-refractivity contribution is -0.131. The van der Waals surface area contributed by atoms with Gasteiger partial charge in [0.2, 0.25) is 5.91 Å². The number of anilines is 1. The number of amides is 1. The summed E-state index contributed by atoms with van der Waals surface area (Å²) >= 11 is 0. The van der Waals surface area contributed by atoms with Crippen LogP contribution in [0.3, 0.4) is 0 Å². The van der Waals surface area contributed by atoms with Gasteiger partial charge in [-0.3, -0.25) is 4.79 Å². The monoisotopic (exact) mass is 389 g/mol. The summed E-state index contributed by atoms with van der Waals surface area (Å²) in [5.74, 6) is 1.51. The van der Waals surface area contributed by atoms with Crippen LogP contribution in [0, 0.1) is 5.92 Å². The third kappa shape index (κ3) is 4.93. The Balaban J connectivity index is 0.00000156. The van der Waals surface area contributed by atoms with Gasteiger partial charge in [0.05, 0.1) is 12.9 Å². The molecular formula is C15H25Cl2N7O. The number of halogens is 2. The molecule has 3 rings (SSSR count). The standard InChI is InChI=1S/C15H23N7O.2ClH/c1-16-7-11-3-5-22(6-4-11)12(23)8-21(2)15-13-14(18-9-17-13)19-10-20-15;;/h9-11,16H,3-8H2,1-2H3,(H,17,18,19,20);2*1H. The van der Waals surface area contributed by atoms with Crippen molar-refractivity contribution in [1.29, 1.82) is 0 Å². The summed E-state index contributed by atoms with van der Waals surface area (Å²) in [6.45, 7) is 3.01. The molecule has 0 spiro atoms. The molecule has 0 aliphatic carbocycles. The van der Waals surface area contributed by atoms with Gasteiger partial charge in [0.1, 0.15) is 11.8 Å². The smallest absolute Gasteiger partial charge is 0.242 e. The lowest BCUT2D eigenvalue weighted by atomic mass is 9.97. The minimum atomic E-state index is 0. The van der Waals surface area contributed by atoms with Crippen molar-refractivity contribution in [1.82, 2.24) is 30.2 Å². The van der Waals surface area contributed by atoms with Crippen molar-refractivity contribution in [3.63, 3.8) is 0 Å². The van der Waals surface area contributed by atoms with Gasteiger partial charge in [-0.2, -0.15) is 0 Å². The molecule has 0 aromatic carbocycles. The number of likely N-dealkylation sites (N-methyl/N-ethyl adjacent to an activating group) is 1. The molecule has 1 aliphatic rings. The highest BCUT2D eigenvalue weighted by molar-refractivity contribution is 5.87. The van der Waals surface area contributed by atoms with Gasteiger partial charge in [-0.15, -0.1) is 24.8 Å². The first-order chi connectivity index (χ1) is 11.2. The predicted octanol–water partition coefficient (Wildman–Crippen LogP) is 1.09. The van der Waals surface area contributed by atoms with E-state index in [4.69, 9.17) is 0 Å². The molecule has 1 saturated heterocycles. The summed E-state index contributed by atoms with van der Waals surface area (Å²) in [6.07, 6.45) is 5.19. The number of H-pyrrole nitrogens is 1. The van der Waals surface area contributed by atoms with Crippen LogP contribution in [0.25, 0.3) is 11.2 Å². The Morgan fingerprint density at radius 1 is 1.32 bits per heavy atom. The Morgan fingerprint density at radius 2 is 2.04 bits per heavy atom. The number of carbonyl (C=O) groups excluding carboxylic acids is 1. The maximum atomic E-state index is 12.5. The van der Waals surface area contributed by atoms with Crippen LogP contribution in [0.5, 0.6) is 0 Å². The van der Waals surface area contributed by atoms with Gasteiger partial charge in [0.15, 0.2) is 11.5 Å². The molecule has 2 N–H and O–H groups in total. The number of aromatic amines is 1. The van der Waals surface area contributed by atoms with E-state index in [1.54, 1.807) is 6.33 Å². The van der Waals surface area contributed by atoms with Crippen molar-refractivity contribution in [3.05, 3.63) is 12.7 Å². The van der Waals surface area contributed by atoms with Gasteiger partial charge in [-0.05, 0) is 32.4 Å². The van der Waals surface area contributed by atoms with E-state index in [1.807, 2.05) is 23.9 Å². The van der Waals surface area contributed by atoms with Gasteiger partial charge >= 0.3 is 0 Å². The van der Waals surface area contributed by atoms with Crippen molar-refractivity contribution in [2.24, 2.45) is 5.92 Å². The number of nitrogens with zero attached hydrogens (tertiary/aromatic N) is 5. The number of hydrogen-bond acceptors (Lipinski definition) is 6. The fraction of sp³-hybridized carbons (Fsp3) is 0.600. The number of imidazole rings is 1. The molecule has 1 fully saturated rings. The van der Waals surface area contributed by atoms with E-state index in [2.05, 4.69) is 25.3 Å². The highest BCUT2D eigenvalue weighted by atomic mass is 35.5. The van der Waals surface area contributed by atoms with Crippen LogP contribution in [0.15, 0.2) is 12.7 Å². The Bertz CT molecular complexity index is 673. The molecule has 0 atom stereocenters. The summed E-state index contributed by atoms with van der Waals surface area (Å²) < 4.78 is 0. The zero-order valence-electron chi connectivity index (χ0n) is 14.4. The topological polar surface area (TPSA) is 90.0 Å². The van der Waals surface area contributed by atoms with Crippen LogP contribution in [0.4, 0.5) is 5.82 Å². The molecule has 2 aromatic heterocycles. The van der Waals surface area contributed by atoms with Crippen molar-refractivity contribution in [2.75, 3.05) is 45.2 Å². The minimum Gasteiger partial charge on any atom is -0.348 e. The fourth-order valence-electron chi connectivity index (χ4n) is 3.09. The maximum Gasteiger partial charge on any atom is 0.242 e. The molecule has 10 heteroatoms. The minimum absolute atomic E-state index is 0. The zero-order valence-corrected chi connectivity index (χ0v) is 16.1. The van der Waals surface area contributed by atoms with E-state index < -0.39 is 0 Å². The number of likely N-dealkylation sites (tertiary alicyclic amines) is 1. The number of carbonyl (C=O) groups is 1. The molecule has 3 heterocycles. The van der Waals surface area contributed by atoms with Crippen molar-refractivity contribution >= 4 is 47.7 Å². The van der Waals surface area contributed by atoms with Gasteiger partial charge < -0.3 is 20.1 Å². The average Bonchev–Trinajstić information content (AvgIpc) is 3.04. The lowest BCUT2D eigenvalue weighted by Gasteiger charge is -2.33. The van der Waals surface area contributed by atoms with E-state index in [0.717, 1.165) is 38.0 Å². The number of rotatable bonds is 5. The Hall–Kier alpha value is -1.64. The van der Waals surface area contributed by atoms with Crippen molar-refractivity contribution in [2.45, 2.75) is 12.8 Å². The summed E-state index contributed by atoms with van der Waals surface area (Å²) in [7, 11) is 3.85. The van der Waals surface area contributed by atoms with Gasteiger partial charge in [-0.1, -0.05) is 0 Å². The van der Waals surface area contributed by atoms with E-state index in [0.29, 0.717) is 23.9 Å². The number of aromatic nitrogens is 4. The van der Waals surface area contributed by atoms with E-state index in [-0.39, 0.29) is 30.7 Å².